The lowest BCUT2D eigenvalue weighted by molar-refractivity contribution is -0.182. The Morgan fingerprint density at radius 3 is 2.33 bits per heavy atom. The zero-order valence-electron chi connectivity index (χ0n) is 9.64. The number of Topliss-reactive ketones (excluding diaryl/α,β-unsaturated/α-hetero) is 1. The number of hydrogen-bond donors (Lipinski definition) is 0. The Hall–Kier alpha value is -1.82. The van der Waals surface area contributed by atoms with Crippen LogP contribution in [0.2, 0.25) is 0 Å². The van der Waals surface area contributed by atoms with Crippen LogP contribution in [0.5, 0.6) is 0 Å². The molecular formula is C12H12F2O4. The zero-order valence-corrected chi connectivity index (χ0v) is 9.64. The highest BCUT2D eigenvalue weighted by atomic mass is 19.3. The molecule has 1 aromatic carbocycles. The van der Waals surface area contributed by atoms with Gasteiger partial charge in [-0.25, -0.2) is 4.79 Å². The fourth-order valence-electron chi connectivity index (χ4n) is 1.30. The van der Waals surface area contributed by atoms with Crippen LogP contribution < -0.4 is 0 Å². The van der Waals surface area contributed by atoms with Gasteiger partial charge in [-0.1, -0.05) is 30.3 Å². The molecule has 0 heterocycles. The van der Waals surface area contributed by atoms with Gasteiger partial charge in [-0.05, 0) is 6.92 Å². The maximum Gasteiger partial charge on any atom is 0.346 e. The molecule has 0 spiro atoms. The summed E-state index contributed by atoms with van der Waals surface area (Å²) in [7, 11) is 0. The number of carbonyl (C=O) groups is 2. The first-order chi connectivity index (χ1) is 8.56. The summed E-state index contributed by atoms with van der Waals surface area (Å²) in [4.78, 5) is 23.2. The first kappa shape index (κ1) is 14.2. The van der Waals surface area contributed by atoms with E-state index >= 15 is 0 Å². The Labute approximate surface area is 103 Å². The average molecular weight is 258 g/mol. The second-order valence-corrected chi connectivity index (χ2v) is 3.26. The van der Waals surface area contributed by atoms with E-state index in [0.29, 0.717) is 0 Å². The largest absolute Gasteiger partial charge is 0.464 e. The van der Waals surface area contributed by atoms with Crippen molar-refractivity contribution in [3.63, 3.8) is 0 Å². The number of rotatable bonds is 6. The number of esters is 1. The molecule has 0 bridgehead atoms. The van der Waals surface area contributed by atoms with E-state index in [2.05, 4.69) is 9.47 Å². The number of hydrogen-bond acceptors (Lipinski definition) is 4. The summed E-state index contributed by atoms with van der Waals surface area (Å²) in [5, 5.41) is 0. The molecule has 0 aromatic heterocycles. The summed E-state index contributed by atoms with van der Waals surface area (Å²) in [6.45, 7) is -1.75. The highest BCUT2D eigenvalue weighted by molar-refractivity contribution is 6.11. The molecule has 0 fully saturated rings. The van der Waals surface area contributed by atoms with Crippen molar-refractivity contribution in [3.05, 3.63) is 35.9 Å². The van der Waals surface area contributed by atoms with E-state index in [1.165, 1.54) is 19.1 Å². The Morgan fingerprint density at radius 1 is 1.22 bits per heavy atom. The van der Waals surface area contributed by atoms with Crippen molar-refractivity contribution in [1.82, 2.24) is 0 Å². The lowest BCUT2D eigenvalue weighted by atomic mass is 10.1. The summed E-state index contributed by atoms with van der Waals surface area (Å²) in [6, 6.07) is 7.58. The minimum absolute atomic E-state index is 0.0238. The van der Waals surface area contributed by atoms with Gasteiger partial charge in [0.25, 0.3) is 0 Å². The van der Waals surface area contributed by atoms with Crippen LogP contribution in [0.15, 0.2) is 30.3 Å². The molecule has 0 saturated carbocycles. The first-order valence-corrected chi connectivity index (χ1v) is 5.25. The van der Waals surface area contributed by atoms with Crippen LogP contribution in [-0.4, -0.2) is 31.1 Å². The summed E-state index contributed by atoms with van der Waals surface area (Å²) in [5.41, 5.74) is 0.108. The zero-order chi connectivity index (χ0) is 13.5. The van der Waals surface area contributed by atoms with Crippen molar-refractivity contribution in [2.75, 3.05) is 6.61 Å². The summed E-state index contributed by atoms with van der Waals surface area (Å²) >= 11 is 0. The van der Waals surface area contributed by atoms with Gasteiger partial charge in [0.05, 0.1) is 6.61 Å². The van der Waals surface area contributed by atoms with E-state index in [9.17, 15) is 18.4 Å². The van der Waals surface area contributed by atoms with Crippen LogP contribution >= 0.6 is 0 Å². The minimum atomic E-state index is -3.23. The van der Waals surface area contributed by atoms with Crippen molar-refractivity contribution in [1.29, 1.82) is 0 Å². The number of halogens is 2. The smallest absolute Gasteiger partial charge is 0.346 e. The van der Waals surface area contributed by atoms with Gasteiger partial charge in [0.15, 0.2) is 0 Å². The molecule has 0 amide bonds. The normalized spacial score (nSPS) is 12.2. The van der Waals surface area contributed by atoms with E-state index in [1.54, 1.807) is 18.2 Å². The van der Waals surface area contributed by atoms with Crippen LogP contribution in [0.3, 0.4) is 0 Å². The average Bonchev–Trinajstić information content (AvgIpc) is 2.36. The van der Waals surface area contributed by atoms with Crippen LogP contribution in [0.25, 0.3) is 0 Å². The maximum absolute atomic E-state index is 12.2. The molecule has 1 aromatic rings. The van der Waals surface area contributed by atoms with Gasteiger partial charge in [-0.3, -0.25) is 9.53 Å². The number of alkyl halides is 2. The molecule has 1 rings (SSSR count). The van der Waals surface area contributed by atoms with Crippen molar-refractivity contribution in [2.24, 2.45) is 0 Å². The highest BCUT2D eigenvalue weighted by Gasteiger charge is 2.32. The predicted molar refractivity (Wildman–Crippen MR) is 58.3 cm³/mol. The van der Waals surface area contributed by atoms with Crippen molar-refractivity contribution in [3.8, 4) is 0 Å². The van der Waals surface area contributed by atoms with E-state index in [1.807, 2.05) is 0 Å². The second-order valence-electron chi connectivity index (χ2n) is 3.26. The number of carbonyl (C=O) groups excluding carboxylic acids is 2. The quantitative estimate of drug-likeness (QED) is 0.445. The molecule has 98 valence electrons. The molecule has 1 atom stereocenters. The number of ether oxygens (including phenoxy) is 2. The van der Waals surface area contributed by atoms with Gasteiger partial charge >= 0.3 is 12.6 Å². The third kappa shape index (κ3) is 3.89. The molecule has 0 radical (unpaired) electrons. The molecule has 0 saturated heterocycles. The van der Waals surface area contributed by atoms with Gasteiger partial charge in [0, 0.05) is 5.56 Å². The molecule has 0 aliphatic rings. The third-order valence-electron chi connectivity index (χ3n) is 2.04. The predicted octanol–water partition coefficient (Wildman–Crippen LogP) is 2.04. The molecule has 6 heteroatoms. The molecule has 4 nitrogen and oxygen atoms in total. The van der Waals surface area contributed by atoms with Gasteiger partial charge in [0.1, 0.15) is 0 Å². The Morgan fingerprint density at radius 2 is 1.83 bits per heavy atom. The summed E-state index contributed by atoms with van der Waals surface area (Å²) in [5.74, 6) is -1.97. The van der Waals surface area contributed by atoms with E-state index in [0.717, 1.165) is 0 Å². The Balaban J connectivity index is 2.89. The van der Waals surface area contributed by atoms with Crippen molar-refractivity contribution >= 4 is 11.8 Å². The summed E-state index contributed by atoms with van der Waals surface area (Å²) in [6.07, 6.45) is -1.94. The highest BCUT2D eigenvalue weighted by Crippen LogP contribution is 2.11. The minimum Gasteiger partial charge on any atom is -0.464 e. The van der Waals surface area contributed by atoms with Crippen molar-refractivity contribution < 1.29 is 27.8 Å². The molecule has 18 heavy (non-hydrogen) atoms. The van der Waals surface area contributed by atoms with Crippen LogP contribution in [0.1, 0.15) is 17.3 Å². The Bertz CT molecular complexity index is 406. The summed E-state index contributed by atoms with van der Waals surface area (Å²) < 4.78 is 32.9. The molecule has 0 aliphatic carbocycles. The Kier molecular flexibility index (Phi) is 5.38. The lowest BCUT2D eigenvalue weighted by Gasteiger charge is -2.14. The van der Waals surface area contributed by atoms with Crippen molar-refractivity contribution in [2.45, 2.75) is 19.6 Å². The van der Waals surface area contributed by atoms with Gasteiger partial charge < -0.3 is 4.74 Å². The van der Waals surface area contributed by atoms with Gasteiger partial charge in [0.2, 0.25) is 11.9 Å². The monoisotopic (exact) mass is 258 g/mol. The third-order valence-corrected chi connectivity index (χ3v) is 2.04. The number of benzene rings is 1. The maximum atomic E-state index is 12.2. The number of ketones is 1. The molecule has 0 aliphatic heterocycles. The fourth-order valence-corrected chi connectivity index (χ4v) is 1.30. The lowest BCUT2D eigenvalue weighted by Crippen LogP contribution is -2.36. The van der Waals surface area contributed by atoms with Gasteiger partial charge in [-0.2, -0.15) is 8.78 Å². The van der Waals surface area contributed by atoms with Crippen LogP contribution in [0, 0.1) is 0 Å². The van der Waals surface area contributed by atoms with Crippen LogP contribution in [0.4, 0.5) is 8.78 Å². The van der Waals surface area contributed by atoms with E-state index in [4.69, 9.17) is 0 Å². The first-order valence-electron chi connectivity index (χ1n) is 5.25. The topological polar surface area (TPSA) is 52.6 Å². The molecule has 1 unspecified atom stereocenters. The molecular weight excluding hydrogens is 246 g/mol. The molecule has 0 N–H and O–H groups in total. The van der Waals surface area contributed by atoms with Crippen LogP contribution in [-0.2, 0) is 14.3 Å². The second kappa shape index (κ2) is 6.80. The fraction of sp³-hybridized carbons (Fsp3) is 0.333. The SMILES string of the molecule is CCOC(=O)C(OC(F)F)C(=O)c1ccccc1. The van der Waals surface area contributed by atoms with Gasteiger partial charge in [-0.15, -0.1) is 0 Å². The van der Waals surface area contributed by atoms with E-state index < -0.39 is 24.5 Å². The standard InChI is InChI=1S/C12H12F2O4/c1-2-17-11(16)10(18-12(13)14)9(15)8-6-4-3-5-7-8/h3-7,10,12H,2H2,1H3. The van der Waals surface area contributed by atoms with E-state index in [-0.39, 0.29) is 12.2 Å².